The van der Waals surface area contributed by atoms with Gasteiger partial charge in [-0.25, -0.2) is 4.98 Å². The van der Waals surface area contributed by atoms with Crippen LogP contribution in [0.2, 0.25) is 0 Å². The molecule has 102 valence electrons. The van der Waals surface area contributed by atoms with Crippen molar-refractivity contribution >= 4 is 22.4 Å². The maximum absolute atomic E-state index is 11.9. The first-order valence-corrected chi connectivity index (χ1v) is 7.52. The highest BCUT2D eigenvalue weighted by Crippen LogP contribution is 2.12. The molecule has 1 amide bonds. The molecular weight excluding hydrogens is 246 g/mol. The van der Waals surface area contributed by atoms with Crippen LogP contribution in [-0.2, 0) is 11.2 Å². The van der Waals surface area contributed by atoms with Crippen LogP contribution in [0.1, 0.15) is 51.6 Å². The monoisotopic (exact) mass is 269 g/mol. The van der Waals surface area contributed by atoms with Crippen LogP contribution in [0.4, 0.5) is 5.13 Å². The van der Waals surface area contributed by atoms with E-state index in [1.165, 1.54) is 17.8 Å². The summed E-state index contributed by atoms with van der Waals surface area (Å²) in [4.78, 5) is 16.0. The molecule has 1 aromatic heterocycles. The van der Waals surface area contributed by atoms with E-state index in [1.54, 1.807) is 0 Å². The summed E-state index contributed by atoms with van der Waals surface area (Å²) < 4.78 is 0. The molecule has 0 saturated heterocycles. The number of nitrogens with two attached hydrogens (primary N) is 1. The number of aromatic nitrogens is 1. The van der Waals surface area contributed by atoms with Crippen molar-refractivity contribution in [2.45, 2.75) is 58.4 Å². The Morgan fingerprint density at radius 2 is 2.22 bits per heavy atom. The van der Waals surface area contributed by atoms with Crippen LogP contribution in [-0.4, -0.2) is 16.9 Å². The third-order valence-electron chi connectivity index (χ3n) is 2.82. The van der Waals surface area contributed by atoms with Crippen molar-refractivity contribution in [1.29, 1.82) is 0 Å². The van der Waals surface area contributed by atoms with Crippen molar-refractivity contribution in [1.82, 2.24) is 10.3 Å². The lowest BCUT2D eigenvalue weighted by atomic mass is 10.0. The number of nitrogens with one attached hydrogen (secondary N) is 1. The fourth-order valence-corrected chi connectivity index (χ4v) is 2.50. The molecule has 18 heavy (non-hydrogen) atoms. The number of unbranched alkanes of at least 4 members (excludes halogenated alkanes) is 1. The van der Waals surface area contributed by atoms with Crippen molar-refractivity contribution in [3.8, 4) is 0 Å². The van der Waals surface area contributed by atoms with Crippen molar-refractivity contribution in [2.24, 2.45) is 0 Å². The molecule has 0 aliphatic heterocycles. The summed E-state index contributed by atoms with van der Waals surface area (Å²) in [5.74, 6) is 0.0508. The SMILES string of the molecule is CCCCC(CCC)NC(=O)Cc1csc(N)n1. The second kappa shape index (κ2) is 8.08. The van der Waals surface area contributed by atoms with Gasteiger partial charge in [0.25, 0.3) is 0 Å². The van der Waals surface area contributed by atoms with Gasteiger partial charge in [-0.2, -0.15) is 0 Å². The molecular formula is C13H23N3OS. The van der Waals surface area contributed by atoms with Crippen LogP contribution in [0.15, 0.2) is 5.38 Å². The highest BCUT2D eigenvalue weighted by Gasteiger charge is 2.12. The van der Waals surface area contributed by atoms with Gasteiger partial charge in [0.1, 0.15) is 0 Å². The number of carbonyl (C=O) groups excluding carboxylic acids is 1. The second-order valence-electron chi connectivity index (χ2n) is 4.55. The molecule has 4 nitrogen and oxygen atoms in total. The van der Waals surface area contributed by atoms with Gasteiger partial charge in [0.05, 0.1) is 12.1 Å². The molecule has 0 saturated carbocycles. The van der Waals surface area contributed by atoms with Gasteiger partial charge >= 0.3 is 0 Å². The average molecular weight is 269 g/mol. The molecule has 1 aromatic rings. The minimum absolute atomic E-state index is 0.0508. The van der Waals surface area contributed by atoms with Crippen molar-refractivity contribution < 1.29 is 4.79 Å². The van der Waals surface area contributed by atoms with Crippen LogP contribution in [0, 0.1) is 0 Å². The Bertz CT molecular complexity index is 365. The standard InChI is InChI=1S/C13H23N3OS/c1-3-5-7-10(6-4-2)15-12(17)8-11-9-18-13(14)16-11/h9-10H,3-8H2,1-2H3,(H2,14,16)(H,15,17). The zero-order valence-electron chi connectivity index (χ0n) is 11.2. The number of nitrogen functional groups attached to an aromatic ring is 1. The molecule has 1 atom stereocenters. The lowest BCUT2D eigenvalue weighted by Crippen LogP contribution is -2.35. The molecule has 5 heteroatoms. The predicted molar refractivity (Wildman–Crippen MR) is 76.6 cm³/mol. The van der Waals surface area contributed by atoms with E-state index in [1.807, 2.05) is 5.38 Å². The maximum Gasteiger partial charge on any atom is 0.226 e. The van der Waals surface area contributed by atoms with Crippen LogP contribution in [0.5, 0.6) is 0 Å². The summed E-state index contributed by atoms with van der Waals surface area (Å²) in [5.41, 5.74) is 6.31. The number of hydrogen-bond donors (Lipinski definition) is 2. The van der Waals surface area contributed by atoms with E-state index in [2.05, 4.69) is 24.1 Å². The van der Waals surface area contributed by atoms with Crippen molar-refractivity contribution in [3.63, 3.8) is 0 Å². The molecule has 0 bridgehead atoms. The Balaban J connectivity index is 2.40. The van der Waals surface area contributed by atoms with Gasteiger partial charge < -0.3 is 11.1 Å². The number of thiazole rings is 1. The second-order valence-corrected chi connectivity index (χ2v) is 5.44. The summed E-state index contributed by atoms with van der Waals surface area (Å²) in [6.07, 6.45) is 5.87. The zero-order valence-corrected chi connectivity index (χ0v) is 12.1. The van der Waals surface area contributed by atoms with E-state index in [9.17, 15) is 4.79 Å². The molecule has 1 heterocycles. The number of hydrogen-bond acceptors (Lipinski definition) is 4. The third kappa shape index (κ3) is 5.49. The van der Waals surface area contributed by atoms with E-state index < -0.39 is 0 Å². The highest BCUT2D eigenvalue weighted by molar-refractivity contribution is 7.13. The number of rotatable bonds is 8. The molecule has 0 aliphatic rings. The van der Waals surface area contributed by atoms with E-state index in [-0.39, 0.29) is 5.91 Å². The van der Waals surface area contributed by atoms with E-state index in [0.717, 1.165) is 31.4 Å². The quantitative estimate of drug-likeness (QED) is 0.762. The zero-order chi connectivity index (χ0) is 13.4. The molecule has 0 aromatic carbocycles. The van der Waals surface area contributed by atoms with E-state index in [0.29, 0.717) is 17.6 Å². The van der Waals surface area contributed by atoms with Crippen LogP contribution in [0.3, 0.4) is 0 Å². The Hall–Kier alpha value is -1.10. The lowest BCUT2D eigenvalue weighted by molar-refractivity contribution is -0.121. The summed E-state index contributed by atoms with van der Waals surface area (Å²) in [5, 5.41) is 5.46. The Morgan fingerprint density at radius 1 is 1.44 bits per heavy atom. The van der Waals surface area contributed by atoms with Gasteiger partial charge in [0.15, 0.2) is 5.13 Å². The van der Waals surface area contributed by atoms with Gasteiger partial charge in [-0.3, -0.25) is 4.79 Å². The molecule has 0 radical (unpaired) electrons. The largest absolute Gasteiger partial charge is 0.375 e. The van der Waals surface area contributed by atoms with Gasteiger partial charge in [0.2, 0.25) is 5.91 Å². The van der Waals surface area contributed by atoms with Gasteiger partial charge in [-0.1, -0.05) is 33.1 Å². The van der Waals surface area contributed by atoms with Gasteiger partial charge in [0, 0.05) is 11.4 Å². The van der Waals surface area contributed by atoms with Crippen molar-refractivity contribution in [2.75, 3.05) is 5.73 Å². The summed E-state index contributed by atoms with van der Waals surface area (Å²) in [6, 6.07) is 0.304. The molecule has 3 N–H and O–H groups in total. The highest BCUT2D eigenvalue weighted by atomic mass is 32.1. The van der Waals surface area contributed by atoms with Crippen LogP contribution in [0.25, 0.3) is 0 Å². The Kier molecular flexibility index (Phi) is 6.72. The smallest absolute Gasteiger partial charge is 0.226 e. The fraction of sp³-hybridized carbons (Fsp3) is 0.692. The first-order valence-electron chi connectivity index (χ1n) is 6.65. The summed E-state index contributed by atoms with van der Waals surface area (Å²) in [7, 11) is 0. The minimum atomic E-state index is 0.0508. The fourth-order valence-electron chi connectivity index (χ4n) is 1.93. The Labute approximate surface area is 113 Å². The molecule has 0 fully saturated rings. The first kappa shape index (κ1) is 15.0. The number of anilines is 1. The summed E-state index contributed by atoms with van der Waals surface area (Å²) in [6.45, 7) is 4.31. The predicted octanol–water partition coefficient (Wildman–Crippen LogP) is 2.74. The van der Waals surface area contributed by atoms with E-state index >= 15 is 0 Å². The maximum atomic E-state index is 11.9. The summed E-state index contributed by atoms with van der Waals surface area (Å²) >= 11 is 1.38. The van der Waals surface area contributed by atoms with Crippen LogP contribution < -0.4 is 11.1 Å². The topological polar surface area (TPSA) is 68.0 Å². The van der Waals surface area contributed by atoms with Gasteiger partial charge in [-0.05, 0) is 12.8 Å². The minimum Gasteiger partial charge on any atom is -0.375 e. The molecule has 0 aliphatic carbocycles. The lowest BCUT2D eigenvalue weighted by Gasteiger charge is -2.17. The number of carbonyl (C=O) groups is 1. The van der Waals surface area contributed by atoms with Crippen LogP contribution >= 0.6 is 11.3 Å². The van der Waals surface area contributed by atoms with Crippen molar-refractivity contribution in [3.05, 3.63) is 11.1 Å². The van der Waals surface area contributed by atoms with E-state index in [4.69, 9.17) is 5.73 Å². The normalized spacial score (nSPS) is 12.3. The number of amides is 1. The first-order chi connectivity index (χ1) is 8.65. The number of nitrogens with zero attached hydrogens (tertiary/aromatic N) is 1. The third-order valence-corrected chi connectivity index (χ3v) is 3.54. The molecule has 1 unspecified atom stereocenters. The average Bonchev–Trinajstić information content (AvgIpc) is 2.71. The van der Waals surface area contributed by atoms with Gasteiger partial charge in [-0.15, -0.1) is 11.3 Å². The molecule has 0 spiro atoms. The molecule has 1 rings (SSSR count). The Morgan fingerprint density at radius 3 is 2.78 bits per heavy atom.